The van der Waals surface area contributed by atoms with Crippen LogP contribution < -0.4 is 4.90 Å². The van der Waals surface area contributed by atoms with Crippen molar-refractivity contribution in [2.75, 3.05) is 18.5 Å². The molecule has 0 bridgehead atoms. The van der Waals surface area contributed by atoms with Crippen molar-refractivity contribution in [1.29, 1.82) is 0 Å². The number of aryl methyl sites for hydroxylation is 1. The highest BCUT2D eigenvalue weighted by Crippen LogP contribution is 2.27. The first-order chi connectivity index (χ1) is 22.2. The zero-order valence-corrected chi connectivity index (χ0v) is 31.7. The minimum absolute atomic E-state index is 0.951. The maximum Gasteiger partial charge on any atom is 0.0396 e. The van der Waals surface area contributed by atoms with Crippen LogP contribution in [0.3, 0.4) is 0 Å². The predicted molar refractivity (Wildman–Crippen MR) is 207 cm³/mol. The molecule has 0 spiro atoms. The molecule has 0 radical (unpaired) electrons. The summed E-state index contributed by atoms with van der Waals surface area (Å²) in [6.45, 7) is 8.17. The second kappa shape index (κ2) is 32.9. The Hall–Kier alpha value is -0.980. The summed E-state index contributed by atoms with van der Waals surface area (Å²) in [5, 5.41) is 0. The van der Waals surface area contributed by atoms with Crippen LogP contribution in [0, 0.1) is 5.92 Å². The summed E-state index contributed by atoms with van der Waals surface area (Å²) in [5.41, 5.74) is 3.07. The van der Waals surface area contributed by atoms with Gasteiger partial charge < -0.3 is 4.90 Å². The summed E-state index contributed by atoms with van der Waals surface area (Å²) in [5.74, 6) is 0.951. The van der Waals surface area contributed by atoms with Gasteiger partial charge in [0, 0.05) is 19.3 Å². The molecule has 0 aliphatic heterocycles. The molecule has 0 aliphatic rings. The van der Waals surface area contributed by atoms with Crippen LogP contribution in [0.25, 0.3) is 0 Å². The summed E-state index contributed by atoms with van der Waals surface area (Å²) in [7, 11) is 2.33. The van der Waals surface area contributed by atoms with Gasteiger partial charge in [-0.3, -0.25) is 0 Å². The highest BCUT2D eigenvalue weighted by atomic mass is 15.1. The van der Waals surface area contributed by atoms with Crippen LogP contribution in [0.1, 0.15) is 225 Å². The second-order valence-corrected chi connectivity index (χ2v) is 14.9. The van der Waals surface area contributed by atoms with Gasteiger partial charge in [-0.15, -0.1) is 0 Å². The Bertz CT molecular complexity index is 711. The highest BCUT2D eigenvalue weighted by Gasteiger charge is 2.11. The lowest BCUT2D eigenvalue weighted by molar-refractivity contribution is 0.373. The molecule has 0 aliphatic carbocycles. The van der Waals surface area contributed by atoms with E-state index in [9.17, 15) is 0 Å². The van der Waals surface area contributed by atoms with Gasteiger partial charge in [-0.2, -0.15) is 0 Å². The van der Waals surface area contributed by atoms with Crippen LogP contribution >= 0.6 is 0 Å². The third kappa shape index (κ3) is 25.8. The number of hydrogen-bond acceptors (Lipinski definition) is 1. The van der Waals surface area contributed by atoms with Crippen molar-refractivity contribution in [1.82, 2.24) is 0 Å². The average Bonchev–Trinajstić information content (AvgIpc) is 3.05. The molecule has 0 amide bonds. The van der Waals surface area contributed by atoms with Crippen molar-refractivity contribution < 1.29 is 0 Å². The van der Waals surface area contributed by atoms with E-state index in [0.29, 0.717) is 0 Å². The Morgan fingerprint density at radius 3 is 1.24 bits per heavy atom. The highest BCUT2D eigenvalue weighted by molar-refractivity contribution is 5.53. The van der Waals surface area contributed by atoms with Crippen LogP contribution in [0.4, 0.5) is 5.69 Å². The Labute approximate surface area is 285 Å². The van der Waals surface area contributed by atoms with E-state index in [1.807, 2.05) is 0 Å². The molecule has 1 heteroatoms. The number of nitrogens with zero attached hydrogens (tertiary/aromatic N) is 1. The number of rotatable bonds is 35. The molecule has 264 valence electrons. The van der Waals surface area contributed by atoms with Gasteiger partial charge in [-0.25, -0.2) is 0 Å². The quantitative estimate of drug-likeness (QED) is 0.0678. The van der Waals surface area contributed by atoms with Gasteiger partial charge in [0.15, 0.2) is 0 Å². The Kier molecular flexibility index (Phi) is 30.8. The fourth-order valence-corrected chi connectivity index (χ4v) is 7.38. The number of benzene rings is 1. The third-order valence-electron chi connectivity index (χ3n) is 10.5. The molecule has 0 heterocycles. The van der Waals surface area contributed by atoms with Crippen molar-refractivity contribution in [3.63, 3.8) is 0 Å². The van der Waals surface area contributed by atoms with Gasteiger partial charge in [0.2, 0.25) is 0 Å². The van der Waals surface area contributed by atoms with E-state index in [1.165, 1.54) is 218 Å². The van der Waals surface area contributed by atoms with Crippen molar-refractivity contribution >= 4 is 5.69 Å². The first-order valence-corrected chi connectivity index (χ1v) is 21.0. The van der Waals surface area contributed by atoms with Crippen molar-refractivity contribution in [2.45, 2.75) is 226 Å². The lowest BCUT2D eigenvalue weighted by atomic mass is 9.89. The summed E-state index contributed by atoms with van der Waals surface area (Å²) in [4.78, 5) is 2.56. The smallest absolute Gasteiger partial charge is 0.0396 e. The summed E-state index contributed by atoms with van der Waals surface area (Å²) >= 11 is 0. The van der Waals surface area contributed by atoms with E-state index < -0.39 is 0 Å². The molecular formula is C44H83N. The molecule has 1 aromatic carbocycles. The Morgan fingerprint density at radius 1 is 0.422 bits per heavy atom. The second-order valence-electron chi connectivity index (χ2n) is 14.9. The SMILES string of the molecule is CCCCCCCCCCCCCCCCCCN(C)c1ccccc1CCCC(CCCCCC)CCCCCCCCC. The normalized spacial score (nSPS) is 12.2. The maximum absolute atomic E-state index is 2.56. The first-order valence-electron chi connectivity index (χ1n) is 21.0. The van der Waals surface area contributed by atoms with E-state index in [2.05, 4.69) is 57.0 Å². The number of anilines is 1. The zero-order chi connectivity index (χ0) is 32.5. The van der Waals surface area contributed by atoms with E-state index in [-0.39, 0.29) is 0 Å². The lowest BCUT2D eigenvalue weighted by Crippen LogP contribution is -2.20. The summed E-state index contributed by atoms with van der Waals surface area (Å²) in [6.07, 6.45) is 45.8. The fraction of sp³-hybridized carbons (Fsp3) is 0.864. The van der Waals surface area contributed by atoms with Crippen LogP contribution in [0.2, 0.25) is 0 Å². The minimum Gasteiger partial charge on any atom is -0.374 e. The maximum atomic E-state index is 2.56. The van der Waals surface area contributed by atoms with E-state index in [4.69, 9.17) is 0 Å². The van der Waals surface area contributed by atoms with Crippen molar-refractivity contribution in [3.05, 3.63) is 29.8 Å². The molecule has 0 fully saturated rings. The van der Waals surface area contributed by atoms with E-state index in [0.717, 1.165) is 5.92 Å². The van der Waals surface area contributed by atoms with Crippen LogP contribution in [0.5, 0.6) is 0 Å². The molecular weight excluding hydrogens is 542 g/mol. The van der Waals surface area contributed by atoms with E-state index >= 15 is 0 Å². The monoisotopic (exact) mass is 626 g/mol. The molecule has 1 atom stereocenters. The summed E-state index contributed by atoms with van der Waals surface area (Å²) in [6, 6.07) is 9.30. The van der Waals surface area contributed by atoms with Crippen LogP contribution in [0.15, 0.2) is 24.3 Å². The molecule has 1 nitrogen and oxygen atoms in total. The van der Waals surface area contributed by atoms with Crippen molar-refractivity contribution in [3.8, 4) is 0 Å². The largest absolute Gasteiger partial charge is 0.374 e. The van der Waals surface area contributed by atoms with Gasteiger partial charge in [-0.05, 0) is 36.8 Å². The molecule has 0 saturated carbocycles. The molecule has 1 aromatic rings. The molecule has 45 heavy (non-hydrogen) atoms. The molecule has 0 aromatic heterocycles. The Morgan fingerprint density at radius 2 is 0.778 bits per heavy atom. The van der Waals surface area contributed by atoms with Crippen molar-refractivity contribution in [2.24, 2.45) is 5.92 Å². The van der Waals surface area contributed by atoms with Crippen LogP contribution in [-0.4, -0.2) is 13.6 Å². The minimum atomic E-state index is 0.951. The van der Waals surface area contributed by atoms with E-state index in [1.54, 1.807) is 5.56 Å². The topological polar surface area (TPSA) is 3.24 Å². The van der Waals surface area contributed by atoms with Gasteiger partial charge in [0.25, 0.3) is 0 Å². The zero-order valence-electron chi connectivity index (χ0n) is 31.7. The third-order valence-corrected chi connectivity index (χ3v) is 10.5. The standard InChI is InChI=1S/C44H83N/c1-5-8-11-14-16-17-18-19-20-21-22-23-24-26-28-33-41-45(4)44-40-32-31-38-43(44)39-34-37-42(35-29-13-10-7-3)36-30-27-25-15-12-9-6-2/h31-32,38,40,42H,5-30,33-37,39,41H2,1-4H3. The average molecular weight is 626 g/mol. The molecule has 0 N–H and O–H groups in total. The molecule has 1 rings (SSSR count). The van der Waals surface area contributed by atoms with Crippen LogP contribution in [-0.2, 0) is 6.42 Å². The number of unbranched alkanes of at least 4 members (excludes halogenated alkanes) is 24. The first kappa shape index (κ1) is 42.0. The van der Waals surface area contributed by atoms with Gasteiger partial charge in [0.1, 0.15) is 0 Å². The van der Waals surface area contributed by atoms with Gasteiger partial charge in [0.05, 0.1) is 0 Å². The predicted octanol–water partition coefficient (Wildman–Crippen LogP) is 15.4. The fourth-order valence-electron chi connectivity index (χ4n) is 7.38. The summed E-state index contributed by atoms with van der Waals surface area (Å²) < 4.78 is 0. The van der Waals surface area contributed by atoms with Gasteiger partial charge >= 0.3 is 0 Å². The molecule has 0 saturated heterocycles. The molecule has 1 unspecified atom stereocenters. The Balaban J connectivity index is 2.22. The number of hydrogen-bond donors (Lipinski definition) is 0. The van der Waals surface area contributed by atoms with Gasteiger partial charge in [-0.1, -0.05) is 225 Å². The number of para-hydroxylation sites is 1. The lowest BCUT2D eigenvalue weighted by Gasteiger charge is -2.23.